The van der Waals surface area contributed by atoms with Crippen LogP contribution in [0.2, 0.25) is 0 Å². The number of carbonyl (C=O) groups excluding carboxylic acids is 1. The zero-order valence-electron chi connectivity index (χ0n) is 18.7. The molecule has 0 aromatic carbocycles. The predicted molar refractivity (Wildman–Crippen MR) is 114 cm³/mol. The average molecular weight is 417 g/mol. The smallest absolute Gasteiger partial charge is 0.333 e. The molecule has 1 saturated carbocycles. The third kappa shape index (κ3) is 3.80. The molecule has 4 rings (SSSR count). The minimum absolute atomic E-state index is 0.254. The second-order valence-corrected chi connectivity index (χ2v) is 10.5. The lowest BCUT2D eigenvalue weighted by Gasteiger charge is -2.55. The number of fused-ring (bicyclic) bond motifs is 1. The van der Waals surface area contributed by atoms with Crippen molar-refractivity contribution in [2.75, 3.05) is 0 Å². The van der Waals surface area contributed by atoms with E-state index in [9.17, 15) is 15.0 Å². The van der Waals surface area contributed by atoms with Crippen LogP contribution in [-0.4, -0.2) is 34.9 Å². The predicted octanol–water partition coefficient (Wildman–Crippen LogP) is 4.54. The summed E-state index contributed by atoms with van der Waals surface area (Å²) in [6, 6.07) is 0. The number of rotatable bonds is 4. The molecule has 5 heteroatoms. The van der Waals surface area contributed by atoms with E-state index in [0.29, 0.717) is 17.4 Å². The summed E-state index contributed by atoms with van der Waals surface area (Å²) in [5.41, 5.74) is 5.05. The second-order valence-electron chi connectivity index (χ2n) is 10.5. The van der Waals surface area contributed by atoms with Gasteiger partial charge < -0.3 is 19.7 Å². The molecule has 0 aromatic rings. The van der Waals surface area contributed by atoms with Crippen molar-refractivity contribution in [2.45, 2.75) is 97.7 Å². The summed E-state index contributed by atoms with van der Waals surface area (Å²) < 4.78 is 10.5. The molecule has 0 bridgehead atoms. The highest BCUT2D eigenvalue weighted by atomic mass is 16.6. The van der Waals surface area contributed by atoms with E-state index in [1.54, 1.807) is 5.57 Å². The van der Waals surface area contributed by atoms with E-state index in [2.05, 4.69) is 27.7 Å². The van der Waals surface area contributed by atoms with Crippen LogP contribution in [0.5, 0.6) is 0 Å². The number of aliphatic hydroxyl groups excluding tert-OH is 2. The van der Waals surface area contributed by atoms with Gasteiger partial charge in [-0.05, 0) is 74.2 Å². The van der Waals surface area contributed by atoms with E-state index in [4.69, 9.17) is 9.47 Å². The Morgan fingerprint density at radius 1 is 1.13 bits per heavy atom. The molecule has 0 amide bonds. The summed E-state index contributed by atoms with van der Waals surface area (Å²) >= 11 is 0. The molecule has 5 atom stereocenters. The van der Waals surface area contributed by atoms with Crippen LogP contribution in [0.4, 0.5) is 0 Å². The fourth-order valence-corrected chi connectivity index (χ4v) is 6.73. The quantitative estimate of drug-likeness (QED) is 0.520. The molecular formula is C25H36O5. The molecule has 4 aliphatic rings. The number of cyclic esters (lactones) is 1. The average Bonchev–Trinajstić information content (AvgIpc) is 2.99. The Morgan fingerprint density at radius 2 is 1.90 bits per heavy atom. The molecule has 166 valence electrons. The van der Waals surface area contributed by atoms with Crippen molar-refractivity contribution in [1.29, 1.82) is 0 Å². The molecule has 3 unspecified atom stereocenters. The maximum atomic E-state index is 11.4. The van der Waals surface area contributed by atoms with Gasteiger partial charge in [0.15, 0.2) is 6.29 Å². The van der Waals surface area contributed by atoms with E-state index in [-0.39, 0.29) is 5.41 Å². The summed E-state index contributed by atoms with van der Waals surface area (Å²) in [7, 11) is 0. The summed E-state index contributed by atoms with van der Waals surface area (Å²) in [5.74, 6) is 0.153. The normalized spacial score (nSPS) is 38.7. The Labute approximate surface area is 179 Å². The highest BCUT2D eigenvalue weighted by Gasteiger charge is 2.49. The number of hydrogen-bond acceptors (Lipinski definition) is 5. The van der Waals surface area contributed by atoms with Gasteiger partial charge in [-0.25, -0.2) is 4.79 Å². The van der Waals surface area contributed by atoms with E-state index in [1.165, 1.54) is 43.8 Å². The molecule has 30 heavy (non-hydrogen) atoms. The Bertz CT molecular complexity index is 804. The molecule has 2 aliphatic carbocycles. The van der Waals surface area contributed by atoms with Crippen molar-refractivity contribution >= 4 is 5.97 Å². The van der Waals surface area contributed by atoms with Gasteiger partial charge in [0.2, 0.25) is 6.29 Å². The van der Waals surface area contributed by atoms with Crippen LogP contribution < -0.4 is 0 Å². The van der Waals surface area contributed by atoms with Crippen LogP contribution in [0, 0.1) is 16.7 Å². The van der Waals surface area contributed by atoms with Gasteiger partial charge in [-0.15, -0.1) is 0 Å². The Morgan fingerprint density at radius 3 is 2.57 bits per heavy atom. The third-order valence-electron chi connectivity index (χ3n) is 8.28. The SMILES string of the molecule is CC1=C(CCC2=CCC(C3=CC(=O)OC3O)OC2O)[C@@]2(C)CCCC(C)(C)[C@@H]2CC1. The number of ether oxygens (including phenoxy) is 2. The molecular weight excluding hydrogens is 380 g/mol. The van der Waals surface area contributed by atoms with E-state index < -0.39 is 24.7 Å². The van der Waals surface area contributed by atoms with Gasteiger partial charge in [0.05, 0.1) is 6.10 Å². The standard InChI is InChI=1S/C25H36O5/c1-15-6-11-20-24(2,3)12-5-13-25(20,4)18(15)9-7-16-8-10-19(29-22(16)27)17-14-21(26)30-23(17)28/h8,14,19-20,22-23,27-28H,5-7,9-13H2,1-4H3/t19?,20-,22?,23?,25+/m0/s1. The van der Waals surface area contributed by atoms with Crippen molar-refractivity contribution in [2.24, 2.45) is 16.7 Å². The number of hydrogen-bond donors (Lipinski definition) is 2. The van der Waals surface area contributed by atoms with Gasteiger partial charge in [0, 0.05) is 11.6 Å². The molecule has 0 aromatic heterocycles. The second kappa shape index (κ2) is 7.92. The zero-order chi connectivity index (χ0) is 21.7. The maximum Gasteiger partial charge on any atom is 0.333 e. The Balaban J connectivity index is 1.46. The number of esters is 1. The summed E-state index contributed by atoms with van der Waals surface area (Å²) in [5, 5.41) is 20.4. The first-order valence-electron chi connectivity index (χ1n) is 11.4. The van der Waals surface area contributed by atoms with E-state index in [0.717, 1.165) is 24.3 Å². The lowest BCUT2D eigenvalue weighted by Crippen LogP contribution is -2.45. The van der Waals surface area contributed by atoms with Gasteiger partial charge in [-0.2, -0.15) is 0 Å². The highest BCUT2D eigenvalue weighted by Crippen LogP contribution is 2.60. The molecule has 5 nitrogen and oxygen atoms in total. The fourth-order valence-electron chi connectivity index (χ4n) is 6.73. The summed E-state index contributed by atoms with van der Waals surface area (Å²) in [4.78, 5) is 11.4. The van der Waals surface area contributed by atoms with Crippen LogP contribution in [0.25, 0.3) is 0 Å². The fraction of sp³-hybridized carbons (Fsp3) is 0.720. The van der Waals surface area contributed by atoms with Crippen molar-refractivity contribution in [3.05, 3.63) is 34.4 Å². The molecule has 2 N–H and O–H groups in total. The zero-order valence-corrected chi connectivity index (χ0v) is 18.7. The monoisotopic (exact) mass is 416 g/mol. The Hall–Kier alpha value is -1.43. The number of carbonyl (C=O) groups is 1. The van der Waals surface area contributed by atoms with Crippen LogP contribution in [-0.2, 0) is 14.3 Å². The minimum Gasteiger partial charge on any atom is -0.429 e. The van der Waals surface area contributed by atoms with Gasteiger partial charge in [-0.1, -0.05) is 44.4 Å². The van der Waals surface area contributed by atoms with Gasteiger partial charge in [0.25, 0.3) is 0 Å². The molecule has 0 spiro atoms. The summed E-state index contributed by atoms with van der Waals surface area (Å²) in [6.45, 7) is 9.64. The van der Waals surface area contributed by atoms with E-state index >= 15 is 0 Å². The van der Waals surface area contributed by atoms with Gasteiger partial charge in [-0.3, -0.25) is 0 Å². The lowest BCUT2D eigenvalue weighted by molar-refractivity contribution is -0.155. The van der Waals surface area contributed by atoms with Crippen molar-refractivity contribution in [1.82, 2.24) is 0 Å². The molecule has 2 heterocycles. The Kier molecular flexibility index (Phi) is 5.75. The maximum absolute atomic E-state index is 11.4. The van der Waals surface area contributed by atoms with Crippen LogP contribution >= 0.6 is 0 Å². The largest absolute Gasteiger partial charge is 0.429 e. The lowest BCUT2D eigenvalue weighted by atomic mass is 9.50. The van der Waals surface area contributed by atoms with Crippen LogP contribution in [0.3, 0.4) is 0 Å². The van der Waals surface area contributed by atoms with E-state index in [1.807, 2.05) is 6.08 Å². The van der Waals surface area contributed by atoms with Gasteiger partial charge >= 0.3 is 5.97 Å². The highest BCUT2D eigenvalue weighted by molar-refractivity contribution is 5.85. The molecule has 1 fully saturated rings. The molecule has 0 saturated heterocycles. The summed E-state index contributed by atoms with van der Waals surface area (Å²) in [6.07, 6.45) is 9.05. The topological polar surface area (TPSA) is 76.0 Å². The third-order valence-corrected chi connectivity index (χ3v) is 8.28. The number of aliphatic hydroxyl groups is 2. The number of allylic oxidation sites excluding steroid dienone is 2. The van der Waals surface area contributed by atoms with Gasteiger partial charge in [0.1, 0.15) is 0 Å². The van der Waals surface area contributed by atoms with Crippen molar-refractivity contribution < 1.29 is 24.5 Å². The minimum atomic E-state index is -1.27. The van der Waals surface area contributed by atoms with Crippen LogP contribution in [0.1, 0.15) is 79.1 Å². The first kappa shape index (κ1) is 21.8. The van der Waals surface area contributed by atoms with Crippen molar-refractivity contribution in [3.8, 4) is 0 Å². The first-order valence-corrected chi connectivity index (χ1v) is 11.4. The molecule has 0 radical (unpaired) electrons. The first-order chi connectivity index (χ1) is 14.1. The van der Waals surface area contributed by atoms with Crippen molar-refractivity contribution in [3.63, 3.8) is 0 Å². The molecule has 2 aliphatic heterocycles. The van der Waals surface area contributed by atoms with Crippen LogP contribution in [0.15, 0.2) is 34.4 Å².